The number of aliphatic hydroxyl groups excluding tert-OH is 5. The van der Waals surface area contributed by atoms with Crippen molar-refractivity contribution in [1.29, 1.82) is 0 Å². The SMILES string of the molecule is C[C@H](CCCCCCCC[C@@H](O)CC(=O)SCCNC(=O)CCNC(=O)[C@H](O)C(C)(C)COP(=O)([O-])OP(=O)([O-])OC[C@H]1O[C@@H](n2cnc3c(N)ncnc32)[C@H](O)[C@@H]1OP(=O)([O-])[O-])O[C@@H]1O[C@@H](C)[C@H](O)C[C@H]1O. The van der Waals surface area contributed by atoms with Crippen LogP contribution in [0, 0.1) is 5.41 Å². The molecule has 0 aromatic carbocycles. The maximum atomic E-state index is 12.7. The van der Waals surface area contributed by atoms with E-state index < -0.39 is 115 Å². The fourth-order valence-electron chi connectivity index (χ4n) is 7.51. The Balaban J connectivity index is 1.06. The molecule has 2 amide bonds. The molecule has 2 aliphatic heterocycles. The Bertz CT molecular complexity index is 2250. The smallest absolute Gasteiger partial charge is 0.274 e. The zero-order chi connectivity index (χ0) is 54.3. The number of imidazole rings is 1. The summed E-state index contributed by atoms with van der Waals surface area (Å²) in [5.41, 5.74) is 4.03. The average Bonchev–Trinajstić information content (AvgIpc) is 3.85. The molecule has 0 aliphatic carbocycles. The number of phosphoric acid groups is 3. The minimum Gasteiger partial charge on any atom is -0.790 e. The molecule has 0 radical (unpaired) electrons. The van der Waals surface area contributed by atoms with Gasteiger partial charge in [-0.05, 0) is 26.7 Å². The molecular weight excluding hydrogens is 1060 g/mol. The van der Waals surface area contributed by atoms with Crippen LogP contribution < -0.4 is 35.9 Å². The van der Waals surface area contributed by atoms with E-state index in [2.05, 4.69) is 43.5 Å². The first kappa shape index (κ1) is 62.9. The van der Waals surface area contributed by atoms with E-state index in [1.807, 2.05) is 6.92 Å². The molecule has 73 heavy (non-hydrogen) atoms. The molecule has 4 heterocycles. The number of rotatable bonds is 32. The van der Waals surface area contributed by atoms with Crippen LogP contribution >= 0.6 is 35.2 Å². The number of aromatic nitrogens is 4. The van der Waals surface area contributed by atoms with Crippen LogP contribution in [0.5, 0.6) is 0 Å². The zero-order valence-electron chi connectivity index (χ0n) is 40.6. The molecule has 0 spiro atoms. The Hall–Kier alpha value is -2.64. The lowest BCUT2D eigenvalue weighted by Crippen LogP contribution is -2.48. The highest BCUT2D eigenvalue weighted by atomic mass is 32.2. The van der Waals surface area contributed by atoms with Crippen molar-refractivity contribution in [2.24, 2.45) is 5.41 Å². The van der Waals surface area contributed by atoms with Gasteiger partial charge >= 0.3 is 0 Å². The predicted octanol–water partition coefficient (Wildman–Crippen LogP) is -1.73. The number of carbonyl (C=O) groups excluding carboxylic acids is 3. The first-order valence-corrected chi connectivity index (χ1v) is 28.8. The van der Waals surface area contributed by atoms with E-state index in [0.717, 1.165) is 73.9 Å². The number of unbranched alkanes of at least 4 members (excludes halogenated alkanes) is 5. The van der Waals surface area contributed by atoms with Crippen LogP contribution in [0.4, 0.5) is 5.82 Å². The average molecular weight is 1120 g/mol. The van der Waals surface area contributed by atoms with E-state index in [1.165, 1.54) is 13.8 Å². The van der Waals surface area contributed by atoms with Gasteiger partial charge in [0.15, 0.2) is 29.1 Å². The number of nitrogens with one attached hydrogen (secondary N) is 2. The van der Waals surface area contributed by atoms with E-state index in [0.29, 0.717) is 6.42 Å². The highest BCUT2D eigenvalue weighted by molar-refractivity contribution is 8.13. The number of anilines is 1. The molecule has 2 aliphatic rings. The predicted molar refractivity (Wildman–Crippen MR) is 247 cm³/mol. The van der Waals surface area contributed by atoms with Gasteiger partial charge in [-0.1, -0.05) is 64.1 Å². The van der Waals surface area contributed by atoms with Crippen LogP contribution in [0.3, 0.4) is 0 Å². The number of carbonyl (C=O) groups is 3. The van der Waals surface area contributed by atoms with Gasteiger partial charge in [-0.15, -0.1) is 0 Å². The summed E-state index contributed by atoms with van der Waals surface area (Å²) in [7, 11) is -17.7. The van der Waals surface area contributed by atoms with Crippen molar-refractivity contribution in [3.05, 3.63) is 12.7 Å². The fraction of sp³-hybridized carbons (Fsp3) is 0.800. The van der Waals surface area contributed by atoms with Crippen molar-refractivity contribution in [3.63, 3.8) is 0 Å². The monoisotopic (exact) mass is 1120 g/mol. The van der Waals surface area contributed by atoms with Crippen molar-refractivity contribution in [1.82, 2.24) is 30.2 Å². The van der Waals surface area contributed by atoms with Gasteiger partial charge in [0.25, 0.3) is 15.6 Å². The molecule has 2 aromatic rings. The number of nitrogens with zero attached hydrogens (tertiary/aromatic N) is 4. The van der Waals surface area contributed by atoms with Gasteiger partial charge in [0, 0.05) is 43.5 Å². The number of nitrogens with two attached hydrogens (primary N) is 1. The number of fused-ring (bicyclic) bond motifs is 1. The molecule has 9 N–H and O–H groups in total. The molecule has 2 unspecified atom stereocenters. The number of hydrogen-bond acceptors (Lipinski definition) is 27. The molecule has 418 valence electrons. The third-order valence-corrected chi connectivity index (χ3v) is 15.5. The summed E-state index contributed by atoms with van der Waals surface area (Å²) in [4.78, 5) is 97.1. The van der Waals surface area contributed by atoms with Crippen LogP contribution in [0.25, 0.3) is 11.2 Å². The number of amides is 2. The number of phosphoric ester groups is 3. The number of aliphatic hydroxyl groups is 5. The minimum absolute atomic E-state index is 0.0314. The van der Waals surface area contributed by atoms with Crippen molar-refractivity contribution >= 4 is 69.1 Å². The van der Waals surface area contributed by atoms with Crippen molar-refractivity contribution in [2.45, 2.75) is 166 Å². The third-order valence-electron chi connectivity index (χ3n) is 11.6. The van der Waals surface area contributed by atoms with Gasteiger partial charge in [0.1, 0.15) is 42.4 Å². The van der Waals surface area contributed by atoms with Crippen molar-refractivity contribution < 1.29 is 105 Å². The second kappa shape index (κ2) is 28.7. The number of ether oxygens (including phenoxy) is 3. The van der Waals surface area contributed by atoms with E-state index >= 15 is 0 Å². The first-order valence-electron chi connectivity index (χ1n) is 23.4. The summed E-state index contributed by atoms with van der Waals surface area (Å²) in [5, 5.41) is 56.3. The molecule has 0 saturated carbocycles. The molecule has 29 nitrogen and oxygen atoms in total. The van der Waals surface area contributed by atoms with Gasteiger partial charge in [0.05, 0.1) is 51.8 Å². The van der Waals surface area contributed by atoms with Crippen LogP contribution in [0.2, 0.25) is 0 Å². The summed E-state index contributed by atoms with van der Waals surface area (Å²) in [6.45, 7) is 3.56. The Morgan fingerprint density at radius 2 is 1.59 bits per heavy atom. The Morgan fingerprint density at radius 3 is 2.27 bits per heavy atom. The molecule has 13 atom stereocenters. The highest BCUT2D eigenvalue weighted by Gasteiger charge is 2.47. The van der Waals surface area contributed by atoms with Crippen molar-refractivity contribution in [3.8, 4) is 0 Å². The zero-order valence-corrected chi connectivity index (χ0v) is 44.1. The van der Waals surface area contributed by atoms with E-state index in [9.17, 15) is 73.2 Å². The quantitative estimate of drug-likeness (QED) is 0.0298. The number of thioether (sulfide) groups is 1. The lowest BCUT2D eigenvalue weighted by atomic mass is 9.87. The lowest BCUT2D eigenvalue weighted by molar-refractivity contribution is -0.347. The highest BCUT2D eigenvalue weighted by Crippen LogP contribution is 2.56. The van der Waals surface area contributed by atoms with E-state index in [-0.39, 0.29) is 66.3 Å². The standard InChI is InChI=1S/C40H70N7O22P3S/c1-23(65-39-27(50)18-26(49)24(2)66-39)11-9-7-5-6-8-10-12-25(48)17-30(52)73-16-15-42-29(51)13-14-43-37(55)34(54)40(3,4)20-64-72(61,62)69-71(59,60)63-19-28-33(68-70(56,57)58)32(53)38(67-28)47-22-46-31-35(41)44-21-45-36(31)47/h21-28,32-34,38-39,48-50,53-54H,5-20H2,1-4H3,(H,42,51)(H,43,55)(H,59,60)(H,61,62)(H2,41,44,45)(H2,56,57,58)/p-4/t23-,24+,25-,26-,27-,28-,32-,33-,34+,38-,39-/m1/s1. The summed E-state index contributed by atoms with van der Waals surface area (Å²) in [5.74, 6) is -1.42. The van der Waals surface area contributed by atoms with E-state index in [1.54, 1.807) is 6.92 Å². The van der Waals surface area contributed by atoms with E-state index in [4.69, 9.17) is 19.9 Å². The maximum Gasteiger partial charge on any atom is 0.274 e. The molecule has 0 bridgehead atoms. The molecule has 4 rings (SSSR count). The van der Waals surface area contributed by atoms with Gasteiger partial charge < -0.3 is 93.8 Å². The fourth-order valence-corrected chi connectivity index (χ4v) is 11.0. The first-order chi connectivity index (χ1) is 34.1. The van der Waals surface area contributed by atoms with Crippen molar-refractivity contribution in [2.75, 3.05) is 37.8 Å². The Morgan fingerprint density at radius 1 is 0.932 bits per heavy atom. The van der Waals surface area contributed by atoms with Gasteiger partial charge in [0.2, 0.25) is 11.8 Å². The minimum atomic E-state index is -5.95. The van der Waals surface area contributed by atoms with Crippen LogP contribution in [0.1, 0.15) is 105 Å². The van der Waals surface area contributed by atoms with Gasteiger partial charge in [-0.2, -0.15) is 0 Å². The number of nitrogen functional groups attached to an aromatic ring is 1. The second-order valence-corrected chi connectivity index (χ2v) is 23.5. The Kier molecular flexibility index (Phi) is 24.7. The van der Waals surface area contributed by atoms with Gasteiger partial charge in [-0.3, -0.25) is 28.1 Å². The normalized spacial score (nSPS) is 25.7. The summed E-state index contributed by atoms with van der Waals surface area (Å²) in [6, 6.07) is 0. The van der Waals surface area contributed by atoms with Crippen LogP contribution in [0.15, 0.2) is 12.7 Å². The summed E-state index contributed by atoms with van der Waals surface area (Å²) >= 11 is 0.950. The Labute approximate surface area is 425 Å². The summed E-state index contributed by atoms with van der Waals surface area (Å²) in [6.07, 6.45) is -4.37. The molecule has 2 fully saturated rings. The maximum absolute atomic E-state index is 12.7. The molecule has 33 heteroatoms. The third kappa shape index (κ3) is 21.0. The second-order valence-electron chi connectivity index (χ2n) is 18.3. The number of hydrogen-bond donors (Lipinski definition) is 8. The van der Waals surface area contributed by atoms with Crippen LogP contribution in [-0.2, 0) is 60.2 Å². The largest absolute Gasteiger partial charge is 0.790 e. The molecule has 2 aromatic heterocycles. The van der Waals surface area contributed by atoms with Gasteiger partial charge in [-0.25, -0.2) is 19.3 Å². The topological polar surface area (TPSA) is 454 Å². The lowest BCUT2D eigenvalue weighted by Gasteiger charge is -2.36. The molecular formula is C40H66N7O22P3S-4. The van der Waals surface area contributed by atoms with Crippen LogP contribution in [-0.4, -0.2) is 155 Å². The molecule has 2 saturated heterocycles. The summed E-state index contributed by atoms with van der Waals surface area (Å²) < 4.78 is 72.2.